The van der Waals surface area contributed by atoms with E-state index in [1.165, 1.54) is 231 Å². The SMILES string of the molecule is CCCCCCCCCCCCCCCCCCCCC(=O)OC[C@@H](COC(=O)CCCCCCCCCCCCCCCC(C)C)OC(=O)CCCCCCCCCCCCCCC(C)C. The molecule has 0 radical (unpaired) electrons. The summed E-state index contributed by atoms with van der Waals surface area (Å²) in [5.41, 5.74) is 0. The van der Waals surface area contributed by atoms with Crippen molar-refractivity contribution >= 4 is 17.9 Å². The number of carbonyl (C=O) groups is 3. The lowest BCUT2D eigenvalue weighted by molar-refractivity contribution is -0.167. The third-order valence-corrected chi connectivity index (χ3v) is 14.0. The van der Waals surface area contributed by atoms with E-state index in [9.17, 15) is 14.4 Å². The second-order valence-electron chi connectivity index (χ2n) is 21.9. The zero-order valence-electron chi connectivity index (χ0n) is 46.0. The Hall–Kier alpha value is -1.59. The Labute approximate surface area is 418 Å². The van der Waals surface area contributed by atoms with E-state index in [1.54, 1.807) is 0 Å². The van der Waals surface area contributed by atoms with Gasteiger partial charge in [0.05, 0.1) is 0 Å². The summed E-state index contributed by atoms with van der Waals surface area (Å²) >= 11 is 0. The maximum Gasteiger partial charge on any atom is 0.306 e. The van der Waals surface area contributed by atoms with Gasteiger partial charge in [-0.1, -0.05) is 304 Å². The number of esters is 3. The van der Waals surface area contributed by atoms with Gasteiger partial charge in [0.2, 0.25) is 0 Å². The molecule has 0 spiro atoms. The molecule has 0 bridgehead atoms. The molecule has 1 atom stereocenters. The molecule has 0 aliphatic heterocycles. The van der Waals surface area contributed by atoms with Crippen LogP contribution in [0.4, 0.5) is 0 Å². The molecular weight excluding hydrogens is 829 g/mol. The minimum Gasteiger partial charge on any atom is -0.462 e. The van der Waals surface area contributed by atoms with Crippen molar-refractivity contribution in [3.63, 3.8) is 0 Å². The van der Waals surface area contributed by atoms with Crippen LogP contribution in [0.2, 0.25) is 0 Å². The van der Waals surface area contributed by atoms with Crippen LogP contribution in [0.5, 0.6) is 0 Å². The summed E-state index contributed by atoms with van der Waals surface area (Å²) in [4.78, 5) is 38.2. The van der Waals surface area contributed by atoms with Gasteiger partial charge in [0, 0.05) is 19.3 Å². The molecule has 0 saturated heterocycles. The lowest BCUT2D eigenvalue weighted by Crippen LogP contribution is -2.30. The minimum absolute atomic E-state index is 0.0624. The Bertz CT molecular complexity index is 1020. The fourth-order valence-corrected chi connectivity index (χ4v) is 9.40. The average Bonchev–Trinajstić information content (AvgIpc) is 3.30. The number of hydrogen-bond acceptors (Lipinski definition) is 6. The third kappa shape index (κ3) is 55.2. The van der Waals surface area contributed by atoms with Gasteiger partial charge >= 0.3 is 17.9 Å². The molecular formula is C61H118O6. The van der Waals surface area contributed by atoms with E-state index < -0.39 is 6.10 Å². The van der Waals surface area contributed by atoms with Crippen molar-refractivity contribution in [3.05, 3.63) is 0 Å². The first-order valence-corrected chi connectivity index (χ1v) is 30.2. The van der Waals surface area contributed by atoms with E-state index >= 15 is 0 Å². The van der Waals surface area contributed by atoms with Crippen LogP contribution in [-0.4, -0.2) is 37.2 Å². The number of hydrogen-bond donors (Lipinski definition) is 0. The first kappa shape index (κ1) is 65.4. The van der Waals surface area contributed by atoms with Gasteiger partial charge in [0.15, 0.2) is 6.10 Å². The predicted octanol–water partition coefficient (Wildman–Crippen LogP) is 20.0. The van der Waals surface area contributed by atoms with Gasteiger partial charge in [-0.15, -0.1) is 0 Å². The van der Waals surface area contributed by atoms with Gasteiger partial charge in [-0.3, -0.25) is 14.4 Å². The number of unbranched alkanes of at least 4 members (excludes halogenated alkanes) is 40. The molecule has 0 unspecified atom stereocenters. The Kier molecular flexibility index (Phi) is 52.5. The van der Waals surface area contributed by atoms with Crippen LogP contribution >= 0.6 is 0 Å². The molecule has 0 aromatic carbocycles. The Morgan fingerprint density at radius 1 is 0.284 bits per heavy atom. The van der Waals surface area contributed by atoms with E-state index in [4.69, 9.17) is 14.2 Å². The molecule has 0 rings (SSSR count). The van der Waals surface area contributed by atoms with Crippen LogP contribution in [0.3, 0.4) is 0 Å². The summed E-state index contributed by atoms with van der Waals surface area (Å²) in [6.07, 6.45) is 58.1. The second-order valence-corrected chi connectivity index (χ2v) is 21.9. The first-order valence-electron chi connectivity index (χ1n) is 30.2. The van der Waals surface area contributed by atoms with E-state index in [1.807, 2.05) is 0 Å². The van der Waals surface area contributed by atoms with Crippen molar-refractivity contribution in [2.45, 2.75) is 349 Å². The van der Waals surface area contributed by atoms with Gasteiger partial charge in [-0.05, 0) is 31.1 Å². The maximum absolute atomic E-state index is 12.9. The molecule has 0 aromatic heterocycles. The highest BCUT2D eigenvalue weighted by molar-refractivity contribution is 5.71. The Morgan fingerprint density at radius 3 is 0.731 bits per heavy atom. The van der Waals surface area contributed by atoms with Crippen LogP contribution in [0, 0.1) is 11.8 Å². The van der Waals surface area contributed by atoms with Crippen molar-refractivity contribution in [1.29, 1.82) is 0 Å². The van der Waals surface area contributed by atoms with Crippen LogP contribution < -0.4 is 0 Å². The summed E-state index contributed by atoms with van der Waals surface area (Å²) in [6.45, 7) is 11.4. The molecule has 0 fully saturated rings. The van der Waals surface area contributed by atoms with Crippen molar-refractivity contribution in [2.75, 3.05) is 13.2 Å². The molecule has 6 nitrogen and oxygen atoms in total. The van der Waals surface area contributed by atoms with Crippen molar-refractivity contribution in [1.82, 2.24) is 0 Å². The predicted molar refractivity (Wildman–Crippen MR) is 289 cm³/mol. The molecule has 0 aromatic rings. The van der Waals surface area contributed by atoms with Crippen LogP contribution in [0.25, 0.3) is 0 Å². The van der Waals surface area contributed by atoms with Gasteiger partial charge in [0.1, 0.15) is 13.2 Å². The zero-order valence-corrected chi connectivity index (χ0v) is 46.0. The maximum atomic E-state index is 12.9. The highest BCUT2D eigenvalue weighted by atomic mass is 16.6. The summed E-state index contributed by atoms with van der Waals surface area (Å²) in [7, 11) is 0. The smallest absolute Gasteiger partial charge is 0.306 e. The van der Waals surface area contributed by atoms with Crippen molar-refractivity contribution in [2.24, 2.45) is 11.8 Å². The van der Waals surface area contributed by atoms with E-state index in [0.29, 0.717) is 19.3 Å². The molecule has 398 valence electrons. The molecule has 67 heavy (non-hydrogen) atoms. The van der Waals surface area contributed by atoms with Crippen molar-refractivity contribution in [3.8, 4) is 0 Å². The molecule has 0 heterocycles. The Balaban J connectivity index is 4.29. The second kappa shape index (κ2) is 53.8. The third-order valence-electron chi connectivity index (χ3n) is 14.0. The van der Waals surface area contributed by atoms with E-state index in [-0.39, 0.29) is 31.1 Å². The molecule has 0 N–H and O–H groups in total. The van der Waals surface area contributed by atoms with Crippen molar-refractivity contribution < 1.29 is 28.6 Å². The molecule has 0 aliphatic carbocycles. The standard InChI is InChI=1S/C61H118O6/c1-6-7-8-9-10-11-12-13-14-15-16-17-20-26-31-36-41-46-51-59(62)65-54-58(67-61(64)53-48-43-38-33-28-23-22-25-30-35-40-45-50-57(4)5)55-66-60(63)52-47-42-37-32-27-21-18-19-24-29-34-39-44-49-56(2)3/h56-58H,6-55H2,1-5H3/t58-/m0/s1. The number of rotatable bonds is 55. The lowest BCUT2D eigenvalue weighted by atomic mass is 10.0. The minimum atomic E-state index is -0.763. The van der Waals surface area contributed by atoms with Crippen LogP contribution in [0.15, 0.2) is 0 Å². The molecule has 0 saturated carbocycles. The summed E-state index contributed by atoms with van der Waals surface area (Å²) < 4.78 is 16.9. The van der Waals surface area contributed by atoms with Crippen LogP contribution in [-0.2, 0) is 28.6 Å². The van der Waals surface area contributed by atoms with Gasteiger partial charge < -0.3 is 14.2 Å². The average molecular weight is 948 g/mol. The molecule has 0 aliphatic rings. The van der Waals surface area contributed by atoms with Gasteiger partial charge in [-0.25, -0.2) is 0 Å². The fraction of sp³-hybridized carbons (Fsp3) is 0.951. The molecule has 0 amide bonds. The monoisotopic (exact) mass is 947 g/mol. The summed E-state index contributed by atoms with van der Waals surface area (Å²) in [5.74, 6) is 0.836. The highest BCUT2D eigenvalue weighted by Gasteiger charge is 2.19. The van der Waals surface area contributed by atoms with Gasteiger partial charge in [-0.2, -0.15) is 0 Å². The highest BCUT2D eigenvalue weighted by Crippen LogP contribution is 2.18. The number of carbonyl (C=O) groups excluding carboxylic acids is 3. The topological polar surface area (TPSA) is 78.9 Å². The fourth-order valence-electron chi connectivity index (χ4n) is 9.40. The molecule has 6 heteroatoms. The van der Waals surface area contributed by atoms with Crippen LogP contribution in [0.1, 0.15) is 343 Å². The first-order chi connectivity index (χ1) is 32.7. The van der Waals surface area contributed by atoms with E-state index in [2.05, 4.69) is 34.6 Å². The Morgan fingerprint density at radius 2 is 0.493 bits per heavy atom. The quantitative estimate of drug-likeness (QED) is 0.0343. The summed E-state index contributed by atoms with van der Waals surface area (Å²) in [5, 5.41) is 0. The van der Waals surface area contributed by atoms with E-state index in [0.717, 1.165) is 69.6 Å². The largest absolute Gasteiger partial charge is 0.462 e. The van der Waals surface area contributed by atoms with Gasteiger partial charge in [0.25, 0.3) is 0 Å². The zero-order chi connectivity index (χ0) is 48.9. The lowest BCUT2D eigenvalue weighted by Gasteiger charge is -2.18. The number of ether oxygens (including phenoxy) is 3. The normalized spacial score (nSPS) is 12.0. The summed E-state index contributed by atoms with van der Waals surface area (Å²) in [6, 6.07) is 0.